The lowest BCUT2D eigenvalue weighted by molar-refractivity contribution is -0.132. The smallest absolute Gasteiger partial charge is 0.230 e. The van der Waals surface area contributed by atoms with Crippen LogP contribution in [-0.4, -0.2) is 56.7 Å². The lowest BCUT2D eigenvalue weighted by Gasteiger charge is -2.26. The SMILES string of the molecule is CC[C@@H](C(=O)N1CCCN(c2nc(Cc3ccc(C)cc3)nc3c2cnn3-c2ccccc2)CC1)c1ccccc1. The van der Waals surface area contributed by atoms with Crippen LogP contribution in [0.5, 0.6) is 0 Å². The van der Waals surface area contributed by atoms with Crippen molar-refractivity contribution in [2.45, 2.75) is 39.0 Å². The molecule has 7 heteroatoms. The van der Waals surface area contributed by atoms with E-state index in [1.807, 2.05) is 64.3 Å². The maximum atomic E-state index is 13.6. The molecule has 3 heterocycles. The van der Waals surface area contributed by atoms with Crippen LogP contribution in [0.15, 0.2) is 91.1 Å². The van der Waals surface area contributed by atoms with E-state index in [-0.39, 0.29) is 11.8 Å². The van der Waals surface area contributed by atoms with Crippen LogP contribution in [0.1, 0.15) is 48.2 Å². The van der Waals surface area contributed by atoms with Gasteiger partial charge in [-0.25, -0.2) is 14.6 Å². The molecule has 1 aliphatic rings. The first-order chi connectivity index (χ1) is 20.1. The topological polar surface area (TPSA) is 67.2 Å². The van der Waals surface area contributed by atoms with Crippen LogP contribution in [0.4, 0.5) is 5.82 Å². The number of rotatable bonds is 7. The molecule has 1 fully saturated rings. The minimum absolute atomic E-state index is 0.112. The first-order valence-electron chi connectivity index (χ1n) is 14.5. The lowest BCUT2D eigenvalue weighted by Crippen LogP contribution is -2.38. The Morgan fingerprint density at radius 2 is 1.59 bits per heavy atom. The summed E-state index contributed by atoms with van der Waals surface area (Å²) in [7, 11) is 0. The highest BCUT2D eigenvalue weighted by atomic mass is 16.2. The van der Waals surface area contributed by atoms with E-state index in [0.29, 0.717) is 19.5 Å². The van der Waals surface area contributed by atoms with E-state index in [0.717, 1.165) is 59.9 Å². The molecule has 0 spiro atoms. The second-order valence-electron chi connectivity index (χ2n) is 10.8. The van der Waals surface area contributed by atoms with E-state index in [9.17, 15) is 4.79 Å². The molecule has 1 aliphatic heterocycles. The molecule has 0 unspecified atom stereocenters. The molecule has 0 radical (unpaired) electrons. The van der Waals surface area contributed by atoms with E-state index in [1.165, 1.54) is 11.1 Å². The summed E-state index contributed by atoms with van der Waals surface area (Å²) in [5.74, 6) is 1.76. The Hall–Kier alpha value is -4.52. The number of carbonyl (C=O) groups excluding carboxylic acids is 1. The van der Waals surface area contributed by atoms with Crippen molar-refractivity contribution in [2.75, 3.05) is 31.1 Å². The van der Waals surface area contributed by atoms with Gasteiger partial charge in [0.2, 0.25) is 5.91 Å². The molecule has 0 N–H and O–H groups in total. The third-order valence-corrected chi connectivity index (χ3v) is 7.95. The summed E-state index contributed by atoms with van der Waals surface area (Å²) >= 11 is 0. The van der Waals surface area contributed by atoms with Crippen molar-refractivity contribution >= 4 is 22.8 Å². The summed E-state index contributed by atoms with van der Waals surface area (Å²) in [6.07, 6.45) is 4.18. The Kier molecular flexibility index (Phi) is 7.76. The zero-order valence-corrected chi connectivity index (χ0v) is 23.8. The number of fused-ring (bicyclic) bond motifs is 1. The van der Waals surface area contributed by atoms with Gasteiger partial charge in [-0.15, -0.1) is 0 Å². The number of hydrogen-bond acceptors (Lipinski definition) is 5. The molecule has 6 rings (SSSR count). The van der Waals surface area contributed by atoms with Gasteiger partial charge in [0, 0.05) is 32.6 Å². The fraction of sp³-hybridized carbons (Fsp3) is 0.294. The highest BCUT2D eigenvalue weighted by Gasteiger charge is 2.28. The summed E-state index contributed by atoms with van der Waals surface area (Å²) in [6.45, 7) is 7.12. The monoisotopic (exact) mass is 544 g/mol. The van der Waals surface area contributed by atoms with Crippen molar-refractivity contribution in [3.63, 3.8) is 0 Å². The summed E-state index contributed by atoms with van der Waals surface area (Å²) < 4.78 is 1.90. The molecule has 1 saturated heterocycles. The number of para-hydroxylation sites is 1. The molecule has 208 valence electrons. The molecule has 7 nitrogen and oxygen atoms in total. The van der Waals surface area contributed by atoms with Crippen LogP contribution >= 0.6 is 0 Å². The quantitative estimate of drug-likeness (QED) is 0.253. The van der Waals surface area contributed by atoms with Crippen molar-refractivity contribution in [3.8, 4) is 5.69 Å². The summed E-state index contributed by atoms with van der Waals surface area (Å²) in [5.41, 5.74) is 5.26. The molecule has 0 bridgehead atoms. The van der Waals surface area contributed by atoms with Gasteiger partial charge in [0.1, 0.15) is 11.6 Å². The van der Waals surface area contributed by atoms with Gasteiger partial charge in [-0.1, -0.05) is 85.3 Å². The van der Waals surface area contributed by atoms with Gasteiger partial charge >= 0.3 is 0 Å². The van der Waals surface area contributed by atoms with Gasteiger partial charge in [0.15, 0.2) is 5.65 Å². The molecule has 2 aromatic heterocycles. The van der Waals surface area contributed by atoms with E-state index in [2.05, 4.69) is 55.1 Å². The zero-order chi connectivity index (χ0) is 28.2. The van der Waals surface area contributed by atoms with Crippen LogP contribution in [0, 0.1) is 6.92 Å². The summed E-state index contributed by atoms with van der Waals surface area (Å²) in [5, 5.41) is 5.67. The second kappa shape index (κ2) is 11.9. The average molecular weight is 545 g/mol. The largest absolute Gasteiger partial charge is 0.354 e. The van der Waals surface area contributed by atoms with Crippen molar-refractivity contribution < 1.29 is 4.79 Å². The molecule has 5 aromatic rings. The highest BCUT2D eigenvalue weighted by Crippen LogP contribution is 2.29. The Labute approximate surface area is 241 Å². The third-order valence-electron chi connectivity index (χ3n) is 7.95. The first kappa shape index (κ1) is 26.7. The van der Waals surface area contributed by atoms with E-state index in [4.69, 9.17) is 15.1 Å². The van der Waals surface area contributed by atoms with E-state index >= 15 is 0 Å². The van der Waals surface area contributed by atoms with Gasteiger partial charge in [-0.05, 0) is 43.0 Å². The molecule has 3 aromatic carbocycles. The van der Waals surface area contributed by atoms with Crippen LogP contribution in [0.3, 0.4) is 0 Å². The van der Waals surface area contributed by atoms with Gasteiger partial charge in [0.25, 0.3) is 0 Å². The molecular weight excluding hydrogens is 508 g/mol. The van der Waals surface area contributed by atoms with E-state index in [1.54, 1.807) is 0 Å². The molecule has 1 amide bonds. The fourth-order valence-corrected chi connectivity index (χ4v) is 5.71. The number of aryl methyl sites for hydroxylation is 1. The van der Waals surface area contributed by atoms with Gasteiger partial charge in [-0.3, -0.25) is 4.79 Å². The Bertz CT molecular complexity index is 1610. The van der Waals surface area contributed by atoms with Gasteiger partial charge in [0.05, 0.1) is 23.2 Å². The van der Waals surface area contributed by atoms with E-state index < -0.39 is 0 Å². The molecule has 41 heavy (non-hydrogen) atoms. The molecular formula is C34H36N6O. The molecule has 0 saturated carbocycles. The highest BCUT2D eigenvalue weighted by molar-refractivity contribution is 5.88. The third kappa shape index (κ3) is 5.71. The number of amides is 1. The van der Waals surface area contributed by atoms with Crippen molar-refractivity contribution in [1.29, 1.82) is 0 Å². The van der Waals surface area contributed by atoms with Crippen molar-refractivity contribution in [2.24, 2.45) is 0 Å². The standard InChI is InChI=1S/C34H36N6O/c1-3-29(27-11-6-4-7-12-27)34(41)39-20-10-19-38(21-22-39)32-30-24-35-40(28-13-8-5-9-14-28)33(30)37-31(36-32)23-26-17-15-25(2)16-18-26/h4-9,11-18,24,29H,3,10,19-23H2,1-2H3/t29-/m1/s1. The van der Waals surface area contributed by atoms with Crippen molar-refractivity contribution in [3.05, 3.63) is 114 Å². The van der Waals surface area contributed by atoms with Crippen LogP contribution in [-0.2, 0) is 11.2 Å². The summed E-state index contributed by atoms with van der Waals surface area (Å²) in [4.78, 5) is 28.1. The number of aromatic nitrogens is 4. The summed E-state index contributed by atoms with van der Waals surface area (Å²) in [6, 6.07) is 28.8. The van der Waals surface area contributed by atoms with Crippen LogP contribution < -0.4 is 4.90 Å². The number of benzene rings is 3. The predicted molar refractivity (Wildman–Crippen MR) is 164 cm³/mol. The maximum absolute atomic E-state index is 13.6. The van der Waals surface area contributed by atoms with Crippen LogP contribution in [0.25, 0.3) is 16.7 Å². The fourth-order valence-electron chi connectivity index (χ4n) is 5.71. The number of hydrogen-bond donors (Lipinski definition) is 0. The van der Waals surface area contributed by atoms with Gasteiger partial charge < -0.3 is 9.80 Å². The zero-order valence-electron chi connectivity index (χ0n) is 23.8. The maximum Gasteiger partial charge on any atom is 0.230 e. The van der Waals surface area contributed by atoms with Crippen molar-refractivity contribution in [1.82, 2.24) is 24.6 Å². The molecule has 0 aliphatic carbocycles. The first-order valence-corrected chi connectivity index (χ1v) is 14.5. The number of carbonyl (C=O) groups is 1. The predicted octanol–water partition coefficient (Wildman–Crippen LogP) is 5.95. The Morgan fingerprint density at radius 3 is 2.32 bits per heavy atom. The Balaban J connectivity index is 1.32. The number of nitrogens with zero attached hydrogens (tertiary/aromatic N) is 6. The van der Waals surface area contributed by atoms with Crippen LogP contribution in [0.2, 0.25) is 0 Å². The van der Waals surface area contributed by atoms with Gasteiger partial charge in [-0.2, -0.15) is 5.10 Å². The normalized spacial score (nSPS) is 14.7. The minimum Gasteiger partial charge on any atom is -0.354 e. The average Bonchev–Trinajstić information content (AvgIpc) is 3.28. The second-order valence-corrected chi connectivity index (χ2v) is 10.8. The number of anilines is 1. The Morgan fingerprint density at radius 1 is 0.854 bits per heavy atom. The lowest BCUT2D eigenvalue weighted by atomic mass is 9.95. The minimum atomic E-state index is -0.112. The molecule has 1 atom stereocenters.